The number of thiophene rings is 1. The minimum atomic E-state index is 0.0775. The highest BCUT2D eigenvalue weighted by molar-refractivity contribution is 7.10. The molecule has 0 aromatic carbocycles. The van der Waals surface area contributed by atoms with Gasteiger partial charge in [-0.15, -0.1) is 11.3 Å². The summed E-state index contributed by atoms with van der Waals surface area (Å²) in [5.74, 6) is 5.56. The molecule has 1 unspecified atom stereocenters. The van der Waals surface area contributed by atoms with Crippen LogP contribution in [0.4, 0.5) is 0 Å². The highest BCUT2D eigenvalue weighted by Crippen LogP contribution is 2.28. The van der Waals surface area contributed by atoms with Gasteiger partial charge in [0, 0.05) is 0 Å². The molecule has 0 aliphatic carbocycles. The molecule has 2 rings (SSSR count). The third-order valence-electron chi connectivity index (χ3n) is 2.09. The molecule has 0 radical (unpaired) electrons. The van der Waals surface area contributed by atoms with Gasteiger partial charge in [-0.05, 0) is 29.3 Å². The number of aryl methyl sites for hydroxylation is 1. The smallest absolute Gasteiger partial charge is 0.0829 e. The van der Waals surface area contributed by atoms with Gasteiger partial charge < -0.3 is 0 Å². The summed E-state index contributed by atoms with van der Waals surface area (Å²) in [6.07, 6.45) is 0. The van der Waals surface area contributed by atoms with Crippen molar-refractivity contribution >= 4 is 22.7 Å². The number of hydrazine groups is 1. The lowest BCUT2D eigenvalue weighted by Crippen LogP contribution is -2.28. The van der Waals surface area contributed by atoms with Crippen LogP contribution in [-0.4, -0.2) is 4.98 Å². The lowest BCUT2D eigenvalue weighted by Gasteiger charge is -2.12. The Kier molecular flexibility index (Phi) is 2.93. The molecule has 0 saturated carbocycles. The normalized spacial score (nSPS) is 13.0. The van der Waals surface area contributed by atoms with E-state index in [-0.39, 0.29) is 6.04 Å². The van der Waals surface area contributed by atoms with Gasteiger partial charge in [0.05, 0.1) is 22.1 Å². The minimum Gasteiger partial charge on any atom is -0.271 e. The third-order valence-corrected chi connectivity index (χ3v) is 3.79. The van der Waals surface area contributed by atoms with Crippen LogP contribution in [0, 0.1) is 6.92 Å². The van der Waals surface area contributed by atoms with E-state index >= 15 is 0 Å². The number of hydrogen-bond acceptors (Lipinski definition) is 5. The van der Waals surface area contributed by atoms with Crippen LogP contribution in [0.2, 0.25) is 0 Å². The zero-order valence-corrected chi connectivity index (χ0v) is 9.36. The van der Waals surface area contributed by atoms with Gasteiger partial charge in [0.25, 0.3) is 0 Å². The minimum absolute atomic E-state index is 0.0775. The summed E-state index contributed by atoms with van der Waals surface area (Å²) in [6, 6.07) is 2.16. The fourth-order valence-corrected chi connectivity index (χ4v) is 2.92. The van der Waals surface area contributed by atoms with Gasteiger partial charge in [-0.25, -0.2) is 10.4 Å². The predicted molar refractivity (Wildman–Crippen MR) is 60.3 cm³/mol. The van der Waals surface area contributed by atoms with Crippen LogP contribution in [0.3, 0.4) is 0 Å². The van der Waals surface area contributed by atoms with Crippen LogP contribution in [0.25, 0.3) is 0 Å². The second-order valence-corrected chi connectivity index (χ2v) is 4.62. The Morgan fingerprint density at radius 3 is 2.93 bits per heavy atom. The first-order valence-corrected chi connectivity index (χ1v) is 6.03. The van der Waals surface area contributed by atoms with Crippen molar-refractivity contribution in [3.05, 3.63) is 38.5 Å². The van der Waals surface area contributed by atoms with Gasteiger partial charge in [0.15, 0.2) is 0 Å². The van der Waals surface area contributed by atoms with Crippen molar-refractivity contribution in [1.29, 1.82) is 0 Å². The molecule has 0 aliphatic heterocycles. The molecule has 0 saturated heterocycles. The summed E-state index contributed by atoms with van der Waals surface area (Å²) in [5.41, 5.74) is 6.92. The summed E-state index contributed by atoms with van der Waals surface area (Å²) >= 11 is 3.31. The number of rotatable bonds is 3. The average Bonchev–Trinajstić information content (AvgIpc) is 2.80. The van der Waals surface area contributed by atoms with Crippen molar-refractivity contribution in [2.45, 2.75) is 13.0 Å². The summed E-state index contributed by atoms with van der Waals surface area (Å²) in [6.45, 7) is 2.00. The molecular formula is C9H11N3S2. The topological polar surface area (TPSA) is 50.9 Å². The molecule has 14 heavy (non-hydrogen) atoms. The maximum absolute atomic E-state index is 5.56. The van der Waals surface area contributed by atoms with Gasteiger partial charge >= 0.3 is 0 Å². The largest absolute Gasteiger partial charge is 0.271 e. The molecule has 2 aromatic rings. The van der Waals surface area contributed by atoms with Crippen molar-refractivity contribution < 1.29 is 0 Å². The molecule has 0 spiro atoms. The zero-order valence-electron chi connectivity index (χ0n) is 7.73. The van der Waals surface area contributed by atoms with E-state index in [1.165, 1.54) is 10.4 Å². The third kappa shape index (κ3) is 1.72. The molecule has 74 valence electrons. The van der Waals surface area contributed by atoms with Crippen molar-refractivity contribution in [1.82, 2.24) is 10.4 Å². The van der Waals surface area contributed by atoms with E-state index < -0.39 is 0 Å². The summed E-state index contributed by atoms with van der Waals surface area (Å²) < 4.78 is 0. The van der Waals surface area contributed by atoms with Crippen LogP contribution < -0.4 is 11.3 Å². The summed E-state index contributed by atoms with van der Waals surface area (Å²) in [7, 11) is 0. The van der Waals surface area contributed by atoms with E-state index in [0.717, 1.165) is 5.69 Å². The Hall–Kier alpha value is -0.750. The fraction of sp³-hybridized carbons (Fsp3) is 0.222. The first kappa shape index (κ1) is 9.79. The van der Waals surface area contributed by atoms with Gasteiger partial charge in [0.1, 0.15) is 0 Å². The Morgan fingerprint density at radius 2 is 2.43 bits per heavy atom. The lowest BCUT2D eigenvalue weighted by molar-refractivity contribution is 0.644. The average molecular weight is 225 g/mol. The highest BCUT2D eigenvalue weighted by atomic mass is 32.1. The van der Waals surface area contributed by atoms with E-state index in [1.54, 1.807) is 22.7 Å². The number of thiazole rings is 1. The van der Waals surface area contributed by atoms with E-state index in [1.807, 2.05) is 12.4 Å². The fourth-order valence-electron chi connectivity index (χ4n) is 1.35. The van der Waals surface area contributed by atoms with Gasteiger partial charge in [-0.2, -0.15) is 11.3 Å². The Morgan fingerprint density at radius 1 is 1.57 bits per heavy atom. The first-order chi connectivity index (χ1) is 6.83. The van der Waals surface area contributed by atoms with E-state index in [0.29, 0.717) is 0 Å². The maximum Gasteiger partial charge on any atom is 0.0829 e. The molecule has 5 heteroatoms. The molecule has 1 atom stereocenters. The quantitative estimate of drug-likeness (QED) is 0.621. The molecule has 0 bridgehead atoms. The molecule has 0 aliphatic rings. The van der Waals surface area contributed by atoms with Crippen LogP contribution >= 0.6 is 22.7 Å². The van der Waals surface area contributed by atoms with Crippen molar-refractivity contribution in [2.75, 3.05) is 0 Å². The second kappa shape index (κ2) is 4.18. The lowest BCUT2D eigenvalue weighted by atomic mass is 10.1. The number of hydrogen-bond donors (Lipinski definition) is 2. The summed E-state index contributed by atoms with van der Waals surface area (Å²) in [4.78, 5) is 5.41. The van der Waals surface area contributed by atoms with Gasteiger partial charge in [-0.1, -0.05) is 0 Å². The van der Waals surface area contributed by atoms with Gasteiger partial charge in [0.2, 0.25) is 0 Å². The zero-order chi connectivity index (χ0) is 9.97. The van der Waals surface area contributed by atoms with E-state index in [2.05, 4.69) is 27.2 Å². The van der Waals surface area contributed by atoms with Crippen molar-refractivity contribution in [3.8, 4) is 0 Å². The first-order valence-electron chi connectivity index (χ1n) is 4.21. The second-order valence-electron chi connectivity index (χ2n) is 2.96. The SMILES string of the molecule is Cc1ncsc1C(NN)c1ccsc1. The number of aromatic nitrogens is 1. The Labute approximate surface area is 90.6 Å². The van der Waals surface area contributed by atoms with Crippen LogP contribution in [0.15, 0.2) is 22.3 Å². The number of nitrogens with zero attached hydrogens (tertiary/aromatic N) is 1. The molecule has 3 N–H and O–H groups in total. The molecular weight excluding hydrogens is 214 g/mol. The standard InChI is InChI=1S/C9H11N3S2/c1-6-9(14-5-11-6)8(12-10)7-2-3-13-4-7/h2-5,8,12H,10H2,1H3. The maximum atomic E-state index is 5.56. The highest BCUT2D eigenvalue weighted by Gasteiger charge is 2.16. The summed E-state index contributed by atoms with van der Waals surface area (Å²) in [5, 5.41) is 4.15. The predicted octanol–water partition coefficient (Wildman–Crippen LogP) is 2.07. The van der Waals surface area contributed by atoms with E-state index in [9.17, 15) is 0 Å². The van der Waals surface area contributed by atoms with Crippen LogP contribution in [0.1, 0.15) is 22.2 Å². The molecule has 0 amide bonds. The monoisotopic (exact) mass is 225 g/mol. The van der Waals surface area contributed by atoms with Crippen molar-refractivity contribution in [3.63, 3.8) is 0 Å². The molecule has 3 nitrogen and oxygen atoms in total. The van der Waals surface area contributed by atoms with Crippen LogP contribution in [-0.2, 0) is 0 Å². The van der Waals surface area contributed by atoms with Crippen molar-refractivity contribution in [2.24, 2.45) is 5.84 Å². The Bertz CT molecular complexity index is 394. The van der Waals surface area contributed by atoms with E-state index in [4.69, 9.17) is 5.84 Å². The van der Waals surface area contributed by atoms with Crippen LogP contribution in [0.5, 0.6) is 0 Å². The molecule has 2 heterocycles. The molecule has 0 fully saturated rings. The molecule has 2 aromatic heterocycles. The number of nitrogens with one attached hydrogen (secondary N) is 1. The van der Waals surface area contributed by atoms with Gasteiger partial charge in [-0.3, -0.25) is 5.84 Å². The Balaban J connectivity index is 2.36. The number of nitrogens with two attached hydrogens (primary N) is 1.